The van der Waals surface area contributed by atoms with Crippen molar-refractivity contribution < 1.29 is 4.57 Å². The molecule has 0 aliphatic rings. The summed E-state index contributed by atoms with van der Waals surface area (Å²) in [7, 11) is 2.10. The molecular formula is C24H47N2+. The molecule has 26 heavy (non-hydrogen) atoms. The molecule has 0 saturated carbocycles. The molecule has 2 nitrogen and oxygen atoms in total. The largest absolute Gasteiger partial charge is 0.243 e. The minimum Gasteiger partial charge on any atom is -0.240 e. The van der Waals surface area contributed by atoms with Crippen LogP contribution in [0, 0.1) is 0 Å². The maximum atomic E-state index is 2.34. The average Bonchev–Trinajstić information content (AvgIpc) is 3.07. The zero-order valence-electron chi connectivity index (χ0n) is 18.2. The van der Waals surface area contributed by atoms with Crippen LogP contribution in [-0.2, 0) is 7.05 Å². The third-order valence-electron chi connectivity index (χ3n) is 5.77. The first-order chi connectivity index (χ1) is 12.7. The Hall–Kier alpha value is -0.790. The van der Waals surface area contributed by atoms with E-state index in [1.807, 2.05) is 0 Å². The fourth-order valence-corrected chi connectivity index (χ4v) is 3.87. The summed E-state index contributed by atoms with van der Waals surface area (Å²) in [6.45, 7) is 4.64. The molecule has 0 spiro atoms. The monoisotopic (exact) mass is 363 g/mol. The highest BCUT2D eigenvalue weighted by atomic mass is 15.1. The van der Waals surface area contributed by atoms with Crippen LogP contribution in [0.5, 0.6) is 0 Å². The van der Waals surface area contributed by atoms with Gasteiger partial charge >= 0.3 is 0 Å². The molecule has 1 atom stereocenters. The van der Waals surface area contributed by atoms with E-state index >= 15 is 0 Å². The number of unbranched alkanes of at least 4 members (excludes halogenated alkanes) is 15. The first-order valence-corrected chi connectivity index (χ1v) is 11.8. The van der Waals surface area contributed by atoms with Crippen molar-refractivity contribution in [1.82, 2.24) is 4.57 Å². The van der Waals surface area contributed by atoms with E-state index in [2.05, 4.69) is 48.8 Å². The van der Waals surface area contributed by atoms with E-state index in [1.165, 1.54) is 109 Å². The van der Waals surface area contributed by atoms with E-state index in [9.17, 15) is 0 Å². The van der Waals surface area contributed by atoms with Crippen LogP contribution in [0.3, 0.4) is 0 Å². The van der Waals surface area contributed by atoms with Crippen molar-refractivity contribution in [3.05, 3.63) is 18.7 Å². The highest BCUT2D eigenvalue weighted by Crippen LogP contribution is 2.17. The lowest BCUT2D eigenvalue weighted by Crippen LogP contribution is -2.24. The molecule has 0 aliphatic heterocycles. The molecule has 1 rings (SSSR count). The smallest absolute Gasteiger partial charge is 0.240 e. The normalized spacial score (nSPS) is 12.6. The maximum Gasteiger partial charge on any atom is 0.243 e. The molecule has 0 fully saturated rings. The van der Waals surface area contributed by atoms with Gasteiger partial charge in [0, 0.05) is 0 Å². The predicted octanol–water partition coefficient (Wildman–Crippen LogP) is 7.53. The van der Waals surface area contributed by atoms with Crippen molar-refractivity contribution in [2.45, 2.75) is 129 Å². The summed E-state index contributed by atoms with van der Waals surface area (Å²) < 4.78 is 4.47. The van der Waals surface area contributed by atoms with Crippen molar-refractivity contribution in [2.75, 3.05) is 0 Å². The van der Waals surface area contributed by atoms with E-state index in [4.69, 9.17) is 0 Å². The second-order valence-electron chi connectivity index (χ2n) is 8.47. The Bertz CT molecular complexity index is 410. The molecule has 1 heterocycles. The minimum atomic E-state index is 0.642. The third-order valence-corrected chi connectivity index (χ3v) is 5.77. The zero-order valence-corrected chi connectivity index (χ0v) is 18.2. The van der Waals surface area contributed by atoms with Gasteiger partial charge in [-0.2, -0.15) is 0 Å². The molecule has 1 aromatic rings. The summed E-state index contributed by atoms with van der Waals surface area (Å²) in [5.74, 6) is 0. The summed E-state index contributed by atoms with van der Waals surface area (Å²) in [5, 5.41) is 0. The van der Waals surface area contributed by atoms with Crippen LogP contribution in [0.1, 0.15) is 129 Å². The molecular weight excluding hydrogens is 316 g/mol. The van der Waals surface area contributed by atoms with Gasteiger partial charge in [-0.25, -0.2) is 9.13 Å². The van der Waals surface area contributed by atoms with Crippen molar-refractivity contribution in [2.24, 2.45) is 7.05 Å². The van der Waals surface area contributed by atoms with Gasteiger partial charge in [0.2, 0.25) is 6.33 Å². The Labute approximate surface area is 164 Å². The van der Waals surface area contributed by atoms with Gasteiger partial charge in [-0.1, -0.05) is 103 Å². The Morgan fingerprint density at radius 2 is 1.12 bits per heavy atom. The number of hydrogen-bond donors (Lipinski definition) is 0. The first kappa shape index (κ1) is 23.2. The van der Waals surface area contributed by atoms with Gasteiger partial charge in [0.1, 0.15) is 12.4 Å². The summed E-state index contributed by atoms with van der Waals surface area (Å²) in [4.78, 5) is 0. The summed E-state index contributed by atoms with van der Waals surface area (Å²) in [6.07, 6.45) is 31.0. The second kappa shape index (κ2) is 16.4. The third kappa shape index (κ3) is 12.5. The molecule has 0 saturated heterocycles. The first-order valence-electron chi connectivity index (χ1n) is 11.8. The van der Waals surface area contributed by atoms with Crippen LogP contribution in [0.2, 0.25) is 0 Å². The Morgan fingerprint density at radius 3 is 1.50 bits per heavy atom. The van der Waals surface area contributed by atoms with Crippen LogP contribution in [-0.4, -0.2) is 4.57 Å². The lowest BCUT2D eigenvalue weighted by Gasteiger charge is -2.07. The fraction of sp³-hybridized carbons (Fsp3) is 0.875. The number of nitrogens with zero attached hydrogens (tertiary/aromatic N) is 2. The van der Waals surface area contributed by atoms with Crippen molar-refractivity contribution >= 4 is 0 Å². The molecule has 0 radical (unpaired) electrons. The van der Waals surface area contributed by atoms with Crippen molar-refractivity contribution in [3.8, 4) is 0 Å². The van der Waals surface area contributed by atoms with E-state index in [0.29, 0.717) is 6.04 Å². The minimum absolute atomic E-state index is 0.642. The molecule has 0 N–H and O–H groups in total. The molecule has 2 heteroatoms. The highest BCUT2D eigenvalue weighted by molar-refractivity contribution is 4.72. The maximum absolute atomic E-state index is 2.34. The zero-order chi connectivity index (χ0) is 18.9. The topological polar surface area (TPSA) is 8.81 Å². The van der Waals surface area contributed by atoms with E-state index < -0.39 is 0 Å². The number of rotatable bonds is 18. The molecule has 0 aromatic carbocycles. The predicted molar refractivity (Wildman–Crippen MR) is 114 cm³/mol. The van der Waals surface area contributed by atoms with E-state index in [-0.39, 0.29) is 0 Å². The molecule has 1 aromatic heterocycles. The van der Waals surface area contributed by atoms with Gasteiger partial charge in [0.25, 0.3) is 0 Å². The van der Waals surface area contributed by atoms with Crippen molar-refractivity contribution in [3.63, 3.8) is 0 Å². The van der Waals surface area contributed by atoms with Crippen LogP contribution >= 0.6 is 0 Å². The number of hydrogen-bond acceptors (Lipinski definition) is 0. The van der Waals surface area contributed by atoms with Gasteiger partial charge in [0.15, 0.2) is 0 Å². The average molecular weight is 364 g/mol. The van der Waals surface area contributed by atoms with E-state index in [0.717, 1.165) is 0 Å². The van der Waals surface area contributed by atoms with Gasteiger partial charge in [-0.05, 0) is 19.8 Å². The Morgan fingerprint density at radius 1 is 0.692 bits per heavy atom. The van der Waals surface area contributed by atoms with Crippen LogP contribution in [0.25, 0.3) is 0 Å². The lowest BCUT2D eigenvalue weighted by molar-refractivity contribution is -0.671. The molecule has 0 amide bonds. The Balaban J connectivity index is 1.76. The summed E-state index contributed by atoms with van der Waals surface area (Å²) in [6, 6.07) is 0.642. The van der Waals surface area contributed by atoms with Crippen LogP contribution in [0.4, 0.5) is 0 Å². The fourth-order valence-electron chi connectivity index (χ4n) is 3.87. The SMILES string of the molecule is CCCCCCCCCCCCCCCCCCC(C)n1cc[n+](C)c1. The second-order valence-corrected chi connectivity index (χ2v) is 8.47. The lowest BCUT2D eigenvalue weighted by atomic mass is 10.0. The van der Waals surface area contributed by atoms with Crippen molar-refractivity contribution in [1.29, 1.82) is 0 Å². The van der Waals surface area contributed by atoms with Crippen LogP contribution < -0.4 is 4.57 Å². The van der Waals surface area contributed by atoms with Gasteiger partial charge in [0.05, 0.1) is 13.1 Å². The summed E-state index contributed by atoms with van der Waals surface area (Å²) >= 11 is 0. The van der Waals surface area contributed by atoms with E-state index in [1.54, 1.807) is 0 Å². The number of aryl methyl sites for hydroxylation is 1. The number of aromatic nitrogens is 2. The quantitative estimate of drug-likeness (QED) is 0.188. The molecule has 1 unspecified atom stereocenters. The van der Waals surface area contributed by atoms with Gasteiger partial charge in [-0.3, -0.25) is 0 Å². The highest BCUT2D eigenvalue weighted by Gasteiger charge is 2.09. The van der Waals surface area contributed by atoms with Gasteiger partial charge in [-0.15, -0.1) is 0 Å². The standard InChI is InChI=1S/C24H47N2/c1-4-5-6-7-8-9-10-11-12-13-14-15-16-17-18-19-20-24(2)26-22-21-25(3)23-26/h21-24H,4-20H2,1-3H3/q+1. The number of imidazole rings is 1. The van der Waals surface area contributed by atoms with Gasteiger partial charge < -0.3 is 0 Å². The Kier molecular flexibility index (Phi) is 14.7. The molecule has 0 bridgehead atoms. The summed E-state index contributed by atoms with van der Waals surface area (Å²) in [5.41, 5.74) is 0. The molecule has 0 aliphatic carbocycles. The molecule has 152 valence electrons. The van der Waals surface area contributed by atoms with Crippen LogP contribution in [0.15, 0.2) is 18.7 Å².